The van der Waals surface area contributed by atoms with Crippen LogP contribution in [-0.4, -0.2) is 26.9 Å². The van der Waals surface area contributed by atoms with E-state index in [2.05, 4.69) is 20.3 Å². The first-order chi connectivity index (χ1) is 9.11. The van der Waals surface area contributed by atoms with Crippen LogP contribution in [0.25, 0.3) is 0 Å². The Morgan fingerprint density at radius 2 is 2.21 bits per heavy atom. The van der Waals surface area contributed by atoms with E-state index >= 15 is 0 Å². The molecule has 0 atom stereocenters. The van der Waals surface area contributed by atoms with E-state index in [0.29, 0.717) is 5.75 Å². The molecule has 0 aliphatic heterocycles. The summed E-state index contributed by atoms with van der Waals surface area (Å²) in [5.74, 6) is 0.502. The highest BCUT2D eigenvalue weighted by atomic mass is 16.6. The van der Waals surface area contributed by atoms with Gasteiger partial charge in [-0.15, -0.1) is 0 Å². The van der Waals surface area contributed by atoms with Gasteiger partial charge in [0.15, 0.2) is 0 Å². The van der Waals surface area contributed by atoms with Crippen molar-refractivity contribution >= 4 is 11.6 Å². The van der Waals surface area contributed by atoms with Crippen LogP contribution >= 0.6 is 0 Å². The molecule has 0 aliphatic carbocycles. The van der Waals surface area contributed by atoms with Crippen molar-refractivity contribution in [2.75, 3.05) is 12.4 Å². The highest BCUT2D eigenvalue weighted by Crippen LogP contribution is 2.31. The van der Waals surface area contributed by atoms with E-state index < -0.39 is 4.92 Å². The molecule has 8 nitrogen and oxygen atoms in total. The molecule has 0 amide bonds. The maximum atomic E-state index is 11.0. The van der Waals surface area contributed by atoms with Gasteiger partial charge in [-0.1, -0.05) is 0 Å². The molecule has 1 N–H and O–H groups in total. The van der Waals surface area contributed by atoms with Crippen molar-refractivity contribution in [3.63, 3.8) is 0 Å². The minimum Gasteiger partial charge on any atom is -0.432 e. The number of rotatable bonds is 4. The van der Waals surface area contributed by atoms with Crippen molar-refractivity contribution in [2.45, 2.75) is 6.92 Å². The summed E-state index contributed by atoms with van der Waals surface area (Å²) < 4.78 is 5.40. The summed E-state index contributed by atoms with van der Waals surface area (Å²) in [7, 11) is 1.62. The molecule has 0 spiro atoms. The molecule has 0 saturated carbocycles. The van der Waals surface area contributed by atoms with Crippen molar-refractivity contribution in [3.8, 4) is 11.6 Å². The molecule has 2 aromatic heterocycles. The Balaban J connectivity index is 2.48. The first kappa shape index (κ1) is 12.7. The van der Waals surface area contributed by atoms with E-state index in [1.807, 2.05) is 0 Å². The third-order valence-corrected chi connectivity index (χ3v) is 2.28. The summed E-state index contributed by atoms with van der Waals surface area (Å²) in [5.41, 5.74) is -0.0360. The van der Waals surface area contributed by atoms with Crippen LogP contribution < -0.4 is 10.1 Å². The monoisotopic (exact) mass is 261 g/mol. The second-order valence-corrected chi connectivity index (χ2v) is 3.58. The SMILES string of the molecule is CNc1nc(C)c([N+](=O)[O-])c(Oc2cccnc2)n1. The van der Waals surface area contributed by atoms with Gasteiger partial charge in [-0.05, 0) is 19.1 Å². The lowest BCUT2D eigenvalue weighted by molar-refractivity contribution is -0.386. The lowest BCUT2D eigenvalue weighted by atomic mass is 10.3. The zero-order chi connectivity index (χ0) is 13.8. The third-order valence-electron chi connectivity index (χ3n) is 2.28. The maximum absolute atomic E-state index is 11.0. The predicted octanol–water partition coefficient (Wildman–Crippen LogP) is 1.92. The quantitative estimate of drug-likeness (QED) is 0.662. The normalized spacial score (nSPS) is 10.0. The van der Waals surface area contributed by atoms with Gasteiger partial charge in [0.2, 0.25) is 5.95 Å². The molecule has 0 unspecified atom stereocenters. The van der Waals surface area contributed by atoms with Crippen molar-refractivity contribution < 1.29 is 9.66 Å². The highest BCUT2D eigenvalue weighted by molar-refractivity contribution is 5.50. The molecule has 0 fully saturated rings. The standard InChI is InChI=1S/C11H11N5O3/c1-7-9(16(17)18)10(15-11(12-2)14-7)19-8-4-3-5-13-6-8/h3-6H,1-2H3,(H,12,14,15). The molecule has 0 aliphatic rings. The molecular weight excluding hydrogens is 250 g/mol. The number of nitro groups is 1. The molecule has 19 heavy (non-hydrogen) atoms. The van der Waals surface area contributed by atoms with Gasteiger partial charge in [0.05, 0.1) is 11.1 Å². The Hall–Kier alpha value is -2.77. The first-order valence-electron chi connectivity index (χ1n) is 5.40. The third kappa shape index (κ3) is 2.73. The van der Waals surface area contributed by atoms with Crippen LogP contribution in [-0.2, 0) is 0 Å². The lowest BCUT2D eigenvalue weighted by Gasteiger charge is -2.07. The molecular formula is C11H11N5O3. The Labute approximate surface area is 108 Å². The maximum Gasteiger partial charge on any atom is 0.352 e. The second-order valence-electron chi connectivity index (χ2n) is 3.58. The molecule has 0 aromatic carbocycles. The summed E-state index contributed by atoms with van der Waals surface area (Å²) in [6.45, 7) is 1.52. The number of nitrogens with zero attached hydrogens (tertiary/aromatic N) is 4. The summed E-state index contributed by atoms with van der Waals surface area (Å²) >= 11 is 0. The minimum absolute atomic E-state index is 0.116. The molecule has 0 radical (unpaired) electrons. The van der Waals surface area contributed by atoms with E-state index in [9.17, 15) is 10.1 Å². The molecule has 2 rings (SSSR count). The van der Waals surface area contributed by atoms with Gasteiger partial charge in [0.25, 0.3) is 0 Å². The summed E-state index contributed by atoms with van der Waals surface area (Å²) in [4.78, 5) is 22.2. The van der Waals surface area contributed by atoms with E-state index in [1.54, 1.807) is 25.4 Å². The van der Waals surface area contributed by atoms with Crippen LogP contribution in [0.1, 0.15) is 5.69 Å². The van der Waals surface area contributed by atoms with Crippen LogP contribution in [0.4, 0.5) is 11.6 Å². The summed E-state index contributed by atoms with van der Waals surface area (Å²) in [6, 6.07) is 3.29. The first-order valence-corrected chi connectivity index (χ1v) is 5.40. The lowest BCUT2D eigenvalue weighted by Crippen LogP contribution is -2.05. The highest BCUT2D eigenvalue weighted by Gasteiger charge is 2.24. The van der Waals surface area contributed by atoms with Crippen LogP contribution in [0, 0.1) is 17.0 Å². The van der Waals surface area contributed by atoms with Gasteiger partial charge in [-0.2, -0.15) is 4.98 Å². The minimum atomic E-state index is -0.569. The fourth-order valence-electron chi connectivity index (χ4n) is 1.45. The van der Waals surface area contributed by atoms with Gasteiger partial charge >= 0.3 is 11.6 Å². The van der Waals surface area contributed by atoms with Crippen LogP contribution in [0.15, 0.2) is 24.5 Å². The smallest absolute Gasteiger partial charge is 0.352 e. The van der Waals surface area contributed by atoms with E-state index in [4.69, 9.17) is 4.74 Å². The van der Waals surface area contributed by atoms with Gasteiger partial charge < -0.3 is 10.1 Å². The number of aromatic nitrogens is 3. The molecule has 2 aromatic rings. The van der Waals surface area contributed by atoms with Crippen LogP contribution in [0.2, 0.25) is 0 Å². The number of hydrogen-bond donors (Lipinski definition) is 1. The van der Waals surface area contributed by atoms with Gasteiger partial charge in [0.1, 0.15) is 11.4 Å². The fraction of sp³-hybridized carbons (Fsp3) is 0.182. The zero-order valence-electron chi connectivity index (χ0n) is 10.3. The number of anilines is 1. The second kappa shape index (κ2) is 5.25. The topological polar surface area (TPSA) is 103 Å². The average molecular weight is 261 g/mol. The summed E-state index contributed by atoms with van der Waals surface area (Å²) in [6.07, 6.45) is 3.02. The molecule has 8 heteroatoms. The molecule has 0 saturated heterocycles. The molecule has 98 valence electrons. The van der Waals surface area contributed by atoms with E-state index in [-0.39, 0.29) is 23.2 Å². The van der Waals surface area contributed by atoms with Gasteiger partial charge in [0, 0.05) is 13.2 Å². The van der Waals surface area contributed by atoms with Crippen LogP contribution in [0.5, 0.6) is 11.6 Å². The van der Waals surface area contributed by atoms with Crippen LogP contribution in [0.3, 0.4) is 0 Å². The summed E-state index contributed by atoms with van der Waals surface area (Å²) in [5, 5.41) is 13.8. The molecule has 2 heterocycles. The number of nitrogens with one attached hydrogen (secondary N) is 1. The van der Waals surface area contributed by atoms with Crippen molar-refractivity contribution in [2.24, 2.45) is 0 Å². The Bertz CT molecular complexity index is 603. The fourth-order valence-corrected chi connectivity index (χ4v) is 1.45. The zero-order valence-corrected chi connectivity index (χ0v) is 10.3. The number of aryl methyl sites for hydroxylation is 1. The predicted molar refractivity (Wildman–Crippen MR) is 67.3 cm³/mol. The van der Waals surface area contributed by atoms with Gasteiger partial charge in [-0.3, -0.25) is 15.1 Å². The van der Waals surface area contributed by atoms with Crippen molar-refractivity contribution in [1.29, 1.82) is 0 Å². The molecule has 0 bridgehead atoms. The average Bonchev–Trinajstić information content (AvgIpc) is 2.38. The largest absolute Gasteiger partial charge is 0.432 e. The van der Waals surface area contributed by atoms with Gasteiger partial charge in [-0.25, -0.2) is 4.98 Å². The number of ether oxygens (including phenoxy) is 1. The number of hydrogen-bond acceptors (Lipinski definition) is 7. The Morgan fingerprint density at radius 1 is 1.42 bits per heavy atom. The van der Waals surface area contributed by atoms with E-state index in [1.165, 1.54) is 13.1 Å². The van der Waals surface area contributed by atoms with Crippen molar-refractivity contribution in [3.05, 3.63) is 40.3 Å². The number of pyridine rings is 1. The van der Waals surface area contributed by atoms with E-state index in [0.717, 1.165) is 0 Å². The Morgan fingerprint density at radius 3 is 2.79 bits per heavy atom. The Kier molecular flexibility index (Phi) is 3.51. The van der Waals surface area contributed by atoms with Crippen molar-refractivity contribution in [1.82, 2.24) is 15.0 Å².